The first kappa shape index (κ1) is 24.2. The lowest BCUT2D eigenvalue weighted by Gasteiger charge is -2.37. The van der Waals surface area contributed by atoms with E-state index in [1.165, 1.54) is 0 Å². The number of H-pyrrole nitrogens is 1. The molecule has 4 rings (SSSR count). The van der Waals surface area contributed by atoms with Crippen molar-refractivity contribution in [1.82, 2.24) is 15.2 Å². The molecule has 3 heterocycles. The smallest absolute Gasteiger partial charge is 0.253 e. The maximum Gasteiger partial charge on any atom is 0.253 e. The van der Waals surface area contributed by atoms with Crippen LogP contribution in [0.5, 0.6) is 0 Å². The van der Waals surface area contributed by atoms with E-state index < -0.39 is 0 Å². The third-order valence-electron chi connectivity index (χ3n) is 6.81. The number of hydrogen-bond donors (Lipinski definition) is 2. The van der Waals surface area contributed by atoms with Crippen molar-refractivity contribution in [2.24, 2.45) is 0 Å². The molecule has 0 unspecified atom stereocenters. The van der Waals surface area contributed by atoms with Crippen LogP contribution >= 0.6 is 0 Å². The summed E-state index contributed by atoms with van der Waals surface area (Å²) in [5, 5.41) is 3.03. The van der Waals surface area contributed by atoms with Gasteiger partial charge in [-0.1, -0.05) is 18.2 Å². The fraction of sp³-hybridized carbons (Fsp3) is 0.481. The number of allylic oxidation sites excluding steroid dienone is 1. The van der Waals surface area contributed by atoms with Gasteiger partial charge in [0.15, 0.2) is 0 Å². The molecule has 2 aromatic rings. The van der Waals surface area contributed by atoms with Crippen LogP contribution in [0.4, 0.5) is 5.69 Å². The SMILES string of the molecule is CCN(c1cccc2c1CC=CCN(C)Cc1cc(C)[nH]c(=O)c1CNC2=O)C1CCOCC1. The summed E-state index contributed by atoms with van der Waals surface area (Å²) in [5.74, 6) is -0.146. The van der Waals surface area contributed by atoms with Crippen molar-refractivity contribution in [3.8, 4) is 0 Å². The summed E-state index contributed by atoms with van der Waals surface area (Å²) in [6.07, 6.45) is 6.97. The molecule has 2 aliphatic rings. The van der Waals surface area contributed by atoms with Gasteiger partial charge in [-0.3, -0.25) is 14.5 Å². The third-order valence-corrected chi connectivity index (χ3v) is 6.81. The van der Waals surface area contributed by atoms with Gasteiger partial charge in [-0.25, -0.2) is 0 Å². The minimum Gasteiger partial charge on any atom is -0.381 e. The number of rotatable bonds is 3. The van der Waals surface area contributed by atoms with Gasteiger partial charge in [-0.05, 0) is 69.5 Å². The highest BCUT2D eigenvalue weighted by Gasteiger charge is 2.25. The van der Waals surface area contributed by atoms with Crippen LogP contribution in [0.15, 0.2) is 41.2 Å². The molecule has 182 valence electrons. The first-order chi connectivity index (χ1) is 16.5. The van der Waals surface area contributed by atoms with Crippen LogP contribution in [0.25, 0.3) is 0 Å². The molecule has 0 saturated carbocycles. The van der Waals surface area contributed by atoms with Crippen molar-refractivity contribution in [2.75, 3.05) is 38.3 Å². The number of hydrogen-bond acceptors (Lipinski definition) is 5. The number of ether oxygens (including phenoxy) is 1. The fourth-order valence-electron chi connectivity index (χ4n) is 5.09. The van der Waals surface area contributed by atoms with Gasteiger partial charge in [0.2, 0.25) is 0 Å². The van der Waals surface area contributed by atoms with E-state index in [1.54, 1.807) is 0 Å². The Hall–Kier alpha value is -2.90. The second-order valence-electron chi connectivity index (χ2n) is 9.27. The summed E-state index contributed by atoms with van der Waals surface area (Å²) >= 11 is 0. The summed E-state index contributed by atoms with van der Waals surface area (Å²) < 4.78 is 5.59. The number of likely N-dealkylation sites (N-methyl/N-ethyl adjacent to an activating group) is 1. The number of benzene rings is 1. The molecule has 7 nitrogen and oxygen atoms in total. The number of fused-ring (bicyclic) bond motifs is 2. The Labute approximate surface area is 201 Å². The third kappa shape index (κ3) is 5.42. The quantitative estimate of drug-likeness (QED) is 0.683. The van der Waals surface area contributed by atoms with Crippen LogP contribution in [0.1, 0.15) is 52.5 Å². The van der Waals surface area contributed by atoms with Crippen LogP contribution in [0.3, 0.4) is 0 Å². The van der Waals surface area contributed by atoms with Gasteiger partial charge >= 0.3 is 0 Å². The zero-order chi connectivity index (χ0) is 24.1. The van der Waals surface area contributed by atoms with Crippen molar-refractivity contribution in [1.29, 1.82) is 0 Å². The van der Waals surface area contributed by atoms with E-state index >= 15 is 0 Å². The van der Waals surface area contributed by atoms with E-state index in [2.05, 4.69) is 45.2 Å². The van der Waals surface area contributed by atoms with Gasteiger partial charge in [0, 0.05) is 67.9 Å². The molecule has 0 atom stereocenters. The van der Waals surface area contributed by atoms with Crippen LogP contribution in [-0.2, 0) is 24.2 Å². The summed E-state index contributed by atoms with van der Waals surface area (Å²) in [5.41, 5.74) is 5.07. The molecule has 0 radical (unpaired) electrons. The Morgan fingerprint density at radius 2 is 1.94 bits per heavy atom. The molecular weight excluding hydrogens is 428 g/mol. The Kier molecular flexibility index (Phi) is 7.85. The fourth-order valence-corrected chi connectivity index (χ4v) is 5.09. The molecule has 1 saturated heterocycles. The van der Waals surface area contributed by atoms with Crippen LogP contribution in [0.2, 0.25) is 0 Å². The number of amides is 1. The number of aromatic amines is 1. The number of nitrogens with zero attached hydrogens (tertiary/aromatic N) is 2. The Morgan fingerprint density at radius 1 is 1.15 bits per heavy atom. The molecule has 0 spiro atoms. The van der Waals surface area contributed by atoms with Gasteiger partial charge < -0.3 is 19.9 Å². The van der Waals surface area contributed by atoms with E-state index in [0.29, 0.717) is 30.1 Å². The summed E-state index contributed by atoms with van der Waals surface area (Å²) in [6.45, 7) is 8.09. The number of aryl methyl sites for hydroxylation is 1. The lowest BCUT2D eigenvalue weighted by atomic mass is 9.97. The van der Waals surface area contributed by atoms with Crippen LogP contribution in [-0.4, -0.2) is 55.2 Å². The highest BCUT2D eigenvalue weighted by molar-refractivity contribution is 5.97. The highest BCUT2D eigenvalue weighted by atomic mass is 16.5. The van der Waals surface area contributed by atoms with E-state index in [-0.39, 0.29) is 18.0 Å². The lowest BCUT2D eigenvalue weighted by molar-refractivity contribution is 0.0845. The predicted molar refractivity (Wildman–Crippen MR) is 135 cm³/mol. The minimum atomic E-state index is -0.146. The topological polar surface area (TPSA) is 77.7 Å². The minimum absolute atomic E-state index is 0.139. The van der Waals surface area contributed by atoms with Gasteiger partial charge in [0.1, 0.15) is 0 Å². The summed E-state index contributed by atoms with van der Waals surface area (Å²) in [7, 11) is 2.05. The van der Waals surface area contributed by atoms with Crippen LogP contribution < -0.4 is 15.8 Å². The van der Waals surface area contributed by atoms with E-state index in [1.807, 2.05) is 32.2 Å². The molecule has 2 N–H and O–H groups in total. The normalized spacial score (nSPS) is 18.1. The number of carbonyl (C=O) groups is 1. The van der Waals surface area contributed by atoms with Crippen molar-refractivity contribution in [3.05, 3.63) is 74.7 Å². The molecule has 1 aromatic heterocycles. The average molecular weight is 465 g/mol. The number of aromatic nitrogens is 1. The maximum absolute atomic E-state index is 13.4. The van der Waals surface area contributed by atoms with E-state index in [4.69, 9.17) is 4.74 Å². The lowest BCUT2D eigenvalue weighted by Crippen LogP contribution is -2.40. The zero-order valence-corrected chi connectivity index (χ0v) is 20.5. The second-order valence-corrected chi connectivity index (χ2v) is 9.27. The standard InChI is InChI=1S/C27H36N4O3/c1-4-31(21-11-14-34-15-12-21)25-10-7-9-23-22(25)8-5-6-13-30(3)18-20-16-19(2)29-27(33)24(20)17-28-26(23)32/h5-7,9-10,16,21H,4,8,11-15,17-18H2,1-3H3,(H,28,32)(H,29,33). The van der Waals surface area contributed by atoms with E-state index in [9.17, 15) is 9.59 Å². The summed E-state index contributed by atoms with van der Waals surface area (Å²) in [6, 6.07) is 8.40. The molecule has 0 aliphatic carbocycles. The first-order valence-electron chi connectivity index (χ1n) is 12.3. The Bertz CT molecular complexity index is 1100. The van der Waals surface area contributed by atoms with Gasteiger partial charge in [-0.15, -0.1) is 0 Å². The Morgan fingerprint density at radius 3 is 2.71 bits per heavy atom. The molecular formula is C27H36N4O3. The average Bonchev–Trinajstić information content (AvgIpc) is 2.83. The molecule has 1 amide bonds. The second kappa shape index (κ2) is 11.0. The first-order valence-corrected chi connectivity index (χ1v) is 12.3. The predicted octanol–water partition coefficient (Wildman–Crippen LogP) is 3.16. The largest absolute Gasteiger partial charge is 0.381 e. The molecule has 1 fully saturated rings. The molecule has 2 aliphatic heterocycles. The van der Waals surface area contributed by atoms with Gasteiger partial charge in [0.05, 0.1) is 0 Å². The van der Waals surface area contributed by atoms with Gasteiger partial charge in [-0.2, -0.15) is 0 Å². The number of nitrogens with one attached hydrogen (secondary N) is 2. The maximum atomic E-state index is 13.4. The van der Waals surface area contributed by atoms with Crippen LogP contribution in [0, 0.1) is 6.92 Å². The van der Waals surface area contributed by atoms with Crippen molar-refractivity contribution >= 4 is 11.6 Å². The zero-order valence-electron chi connectivity index (χ0n) is 20.5. The monoisotopic (exact) mass is 464 g/mol. The molecule has 7 heteroatoms. The number of carbonyl (C=O) groups excluding carboxylic acids is 1. The number of anilines is 1. The number of pyridine rings is 1. The Balaban J connectivity index is 1.73. The van der Waals surface area contributed by atoms with Crippen molar-refractivity contribution in [3.63, 3.8) is 0 Å². The highest BCUT2D eigenvalue weighted by Crippen LogP contribution is 2.30. The summed E-state index contributed by atoms with van der Waals surface area (Å²) in [4.78, 5) is 33.6. The van der Waals surface area contributed by atoms with Crippen molar-refractivity contribution in [2.45, 2.75) is 52.2 Å². The van der Waals surface area contributed by atoms with Gasteiger partial charge in [0.25, 0.3) is 11.5 Å². The molecule has 34 heavy (non-hydrogen) atoms. The molecule has 0 bridgehead atoms. The van der Waals surface area contributed by atoms with E-state index in [0.717, 1.165) is 61.7 Å². The van der Waals surface area contributed by atoms with Crippen molar-refractivity contribution < 1.29 is 9.53 Å². The molecule has 1 aromatic carbocycles.